The van der Waals surface area contributed by atoms with Gasteiger partial charge >= 0.3 is 17.9 Å². The van der Waals surface area contributed by atoms with E-state index in [4.69, 9.17) is 5.11 Å². The van der Waals surface area contributed by atoms with Gasteiger partial charge in [0.2, 0.25) is 0 Å². The number of carboxylic acid groups (broad SMARTS) is 1. The first-order valence-electron chi connectivity index (χ1n) is 3.64. The minimum atomic E-state index is -4.45. The molecule has 0 aliphatic heterocycles. The molecular formula is C7H10F2O4. The molecule has 0 saturated carbocycles. The van der Waals surface area contributed by atoms with E-state index in [-0.39, 0.29) is 0 Å². The summed E-state index contributed by atoms with van der Waals surface area (Å²) in [6, 6.07) is 0. The van der Waals surface area contributed by atoms with E-state index in [0.717, 1.165) is 0 Å². The summed E-state index contributed by atoms with van der Waals surface area (Å²) in [5.74, 6) is -8.97. The summed E-state index contributed by atoms with van der Waals surface area (Å²) in [7, 11) is 0. The number of carbonyl (C=O) groups excluding carboxylic acids is 1. The molecule has 1 atom stereocenters. The third-order valence-corrected chi connectivity index (χ3v) is 1.41. The van der Waals surface area contributed by atoms with E-state index in [1.54, 1.807) is 6.92 Å². The number of rotatable bonds is 4. The lowest BCUT2D eigenvalue weighted by atomic mass is 10.3. The van der Waals surface area contributed by atoms with Crippen molar-refractivity contribution in [2.75, 3.05) is 0 Å². The monoisotopic (exact) mass is 196 g/mol. The van der Waals surface area contributed by atoms with Crippen molar-refractivity contribution < 1.29 is 28.2 Å². The van der Waals surface area contributed by atoms with Crippen molar-refractivity contribution >= 4 is 11.9 Å². The number of hydrogen-bond acceptors (Lipinski definition) is 3. The first-order valence-corrected chi connectivity index (χ1v) is 3.64. The topological polar surface area (TPSA) is 63.6 Å². The van der Waals surface area contributed by atoms with Crippen LogP contribution in [0.2, 0.25) is 0 Å². The molecule has 0 aliphatic carbocycles. The van der Waals surface area contributed by atoms with Gasteiger partial charge in [-0.25, -0.2) is 9.59 Å². The van der Waals surface area contributed by atoms with Gasteiger partial charge in [0.25, 0.3) is 0 Å². The Kier molecular flexibility index (Phi) is 3.77. The molecule has 4 nitrogen and oxygen atoms in total. The number of ether oxygens (including phenoxy) is 1. The highest BCUT2D eigenvalue weighted by atomic mass is 19.3. The van der Waals surface area contributed by atoms with Gasteiger partial charge in [-0.15, -0.1) is 0 Å². The fourth-order valence-electron chi connectivity index (χ4n) is 0.427. The van der Waals surface area contributed by atoms with Crippen molar-refractivity contribution in [3.8, 4) is 0 Å². The fourth-order valence-corrected chi connectivity index (χ4v) is 0.427. The second-order valence-electron chi connectivity index (χ2n) is 2.50. The van der Waals surface area contributed by atoms with Crippen molar-refractivity contribution in [1.29, 1.82) is 0 Å². The first kappa shape index (κ1) is 11.8. The summed E-state index contributed by atoms with van der Waals surface area (Å²) >= 11 is 0. The molecule has 1 unspecified atom stereocenters. The van der Waals surface area contributed by atoms with Crippen LogP contribution in [0.15, 0.2) is 0 Å². The molecule has 6 heteroatoms. The Labute approximate surface area is 73.5 Å². The lowest BCUT2D eigenvalue weighted by molar-refractivity contribution is -0.189. The predicted octanol–water partition coefficient (Wildman–Crippen LogP) is 1.05. The Morgan fingerprint density at radius 3 is 2.31 bits per heavy atom. The van der Waals surface area contributed by atoms with Crippen molar-refractivity contribution in [3.63, 3.8) is 0 Å². The summed E-state index contributed by atoms with van der Waals surface area (Å²) < 4.78 is 28.9. The van der Waals surface area contributed by atoms with Crippen molar-refractivity contribution in [1.82, 2.24) is 0 Å². The van der Waals surface area contributed by atoms with Gasteiger partial charge in [0.05, 0.1) is 6.10 Å². The maximum atomic E-state index is 12.4. The molecule has 0 aromatic carbocycles. The molecule has 1 N–H and O–H groups in total. The first-order chi connectivity index (χ1) is 5.82. The van der Waals surface area contributed by atoms with Gasteiger partial charge in [0.15, 0.2) is 0 Å². The minimum absolute atomic E-state index is 0.349. The predicted molar refractivity (Wildman–Crippen MR) is 38.4 cm³/mol. The number of alkyl halides is 2. The number of carboxylic acids is 1. The summed E-state index contributed by atoms with van der Waals surface area (Å²) in [6.07, 6.45) is -0.362. The lowest BCUT2D eigenvalue weighted by Crippen LogP contribution is -2.40. The van der Waals surface area contributed by atoms with Crippen molar-refractivity contribution in [3.05, 3.63) is 0 Å². The van der Waals surface area contributed by atoms with E-state index in [0.29, 0.717) is 6.42 Å². The second-order valence-corrected chi connectivity index (χ2v) is 2.50. The van der Waals surface area contributed by atoms with Crippen LogP contribution in [0.25, 0.3) is 0 Å². The Balaban J connectivity index is 4.34. The summed E-state index contributed by atoms with van der Waals surface area (Å²) in [5.41, 5.74) is 0. The van der Waals surface area contributed by atoms with Gasteiger partial charge in [0, 0.05) is 0 Å². The van der Waals surface area contributed by atoms with Crippen LogP contribution in [0.3, 0.4) is 0 Å². The van der Waals surface area contributed by atoms with Gasteiger partial charge in [-0.1, -0.05) is 6.92 Å². The molecule has 0 bridgehead atoms. The van der Waals surface area contributed by atoms with Crippen LogP contribution in [-0.4, -0.2) is 29.1 Å². The smallest absolute Gasteiger partial charge is 0.437 e. The molecule has 0 amide bonds. The van der Waals surface area contributed by atoms with Crippen molar-refractivity contribution in [2.24, 2.45) is 0 Å². The van der Waals surface area contributed by atoms with Crippen LogP contribution in [0.5, 0.6) is 0 Å². The zero-order chi connectivity index (χ0) is 10.6. The molecule has 0 saturated heterocycles. The van der Waals surface area contributed by atoms with E-state index >= 15 is 0 Å². The molecule has 0 radical (unpaired) electrons. The van der Waals surface area contributed by atoms with E-state index < -0.39 is 24.0 Å². The lowest BCUT2D eigenvalue weighted by Gasteiger charge is -2.14. The van der Waals surface area contributed by atoms with Crippen LogP contribution in [0.4, 0.5) is 8.78 Å². The SMILES string of the molecule is CCC(C)OC(=O)C(F)(F)C(=O)O. The Bertz CT molecular complexity index is 215. The molecule has 0 spiro atoms. The summed E-state index contributed by atoms with van der Waals surface area (Å²) in [5, 5.41) is 7.95. The third kappa shape index (κ3) is 2.96. The molecule has 76 valence electrons. The number of carbonyl (C=O) groups is 2. The second kappa shape index (κ2) is 4.15. The highest BCUT2D eigenvalue weighted by Gasteiger charge is 2.50. The highest BCUT2D eigenvalue weighted by molar-refractivity contribution is 6.00. The van der Waals surface area contributed by atoms with Crippen molar-refractivity contribution in [2.45, 2.75) is 32.3 Å². The van der Waals surface area contributed by atoms with Gasteiger partial charge in [-0.3, -0.25) is 0 Å². The Morgan fingerprint density at radius 2 is 2.00 bits per heavy atom. The maximum absolute atomic E-state index is 12.4. The minimum Gasteiger partial charge on any atom is -0.476 e. The molecule has 0 aromatic rings. The third-order valence-electron chi connectivity index (χ3n) is 1.41. The van der Waals surface area contributed by atoms with Crippen LogP contribution in [0, 0.1) is 0 Å². The average molecular weight is 196 g/mol. The molecule has 0 aliphatic rings. The van der Waals surface area contributed by atoms with E-state index in [1.807, 2.05) is 0 Å². The molecule has 0 fully saturated rings. The van der Waals surface area contributed by atoms with Gasteiger partial charge in [0.1, 0.15) is 0 Å². The molecule has 0 rings (SSSR count). The average Bonchev–Trinajstić information content (AvgIpc) is 2.03. The molecule has 13 heavy (non-hydrogen) atoms. The number of halogens is 2. The molecule has 0 heterocycles. The normalized spacial score (nSPS) is 13.5. The summed E-state index contributed by atoms with van der Waals surface area (Å²) in [4.78, 5) is 20.4. The number of hydrogen-bond donors (Lipinski definition) is 1. The number of esters is 1. The Hall–Kier alpha value is -1.20. The van der Waals surface area contributed by atoms with Gasteiger partial charge in [-0.05, 0) is 13.3 Å². The molecular weight excluding hydrogens is 186 g/mol. The Morgan fingerprint density at radius 1 is 1.54 bits per heavy atom. The number of aliphatic carboxylic acids is 1. The summed E-state index contributed by atoms with van der Waals surface area (Å²) in [6.45, 7) is 3.02. The van der Waals surface area contributed by atoms with Gasteiger partial charge < -0.3 is 9.84 Å². The van der Waals surface area contributed by atoms with Crippen LogP contribution in [-0.2, 0) is 14.3 Å². The van der Waals surface area contributed by atoms with Crippen LogP contribution < -0.4 is 0 Å². The standard InChI is InChI=1S/C7H10F2O4/c1-3-4(2)13-6(12)7(8,9)5(10)11/h4H,3H2,1-2H3,(H,10,11). The van der Waals surface area contributed by atoms with E-state index in [2.05, 4.69) is 4.74 Å². The van der Waals surface area contributed by atoms with Crippen LogP contribution >= 0.6 is 0 Å². The quantitative estimate of drug-likeness (QED) is 0.539. The zero-order valence-electron chi connectivity index (χ0n) is 7.21. The maximum Gasteiger partial charge on any atom is 0.437 e. The van der Waals surface area contributed by atoms with E-state index in [1.165, 1.54) is 6.92 Å². The fraction of sp³-hybridized carbons (Fsp3) is 0.714. The highest BCUT2D eigenvalue weighted by Crippen LogP contribution is 2.17. The zero-order valence-corrected chi connectivity index (χ0v) is 7.21. The van der Waals surface area contributed by atoms with E-state index in [9.17, 15) is 18.4 Å². The van der Waals surface area contributed by atoms with Gasteiger partial charge in [-0.2, -0.15) is 8.78 Å². The largest absolute Gasteiger partial charge is 0.476 e. The molecule has 0 aromatic heterocycles. The van der Waals surface area contributed by atoms with Crippen LogP contribution in [0.1, 0.15) is 20.3 Å².